The second kappa shape index (κ2) is 8.18. The first kappa shape index (κ1) is 16.0. The van der Waals surface area contributed by atoms with Crippen LogP contribution in [0.5, 0.6) is 0 Å². The molecule has 1 amide bonds. The Morgan fingerprint density at radius 2 is 1.89 bits per heavy atom. The standard InChI is InChI=1S/C15H27NO3/c1-4-5-6-11(2)14(17)16-13-9-7-12(8-10-13)15(18)19-3/h11-13H,4-10H2,1-3H3,(H,16,17). The van der Waals surface area contributed by atoms with E-state index in [1.165, 1.54) is 7.11 Å². The van der Waals surface area contributed by atoms with Gasteiger partial charge in [0.1, 0.15) is 0 Å². The highest BCUT2D eigenvalue weighted by molar-refractivity contribution is 5.78. The molecule has 0 aromatic heterocycles. The second-order valence-electron chi connectivity index (χ2n) is 5.62. The molecule has 4 nitrogen and oxygen atoms in total. The first-order chi connectivity index (χ1) is 9.08. The van der Waals surface area contributed by atoms with Crippen LogP contribution in [-0.4, -0.2) is 25.0 Å². The van der Waals surface area contributed by atoms with E-state index in [1.54, 1.807) is 0 Å². The number of hydrogen-bond donors (Lipinski definition) is 1. The molecule has 0 aromatic rings. The molecular formula is C15H27NO3. The third kappa shape index (κ3) is 5.21. The Balaban J connectivity index is 2.28. The Morgan fingerprint density at radius 1 is 1.26 bits per heavy atom. The van der Waals surface area contributed by atoms with Gasteiger partial charge in [-0.05, 0) is 32.1 Å². The van der Waals surface area contributed by atoms with Crippen LogP contribution in [0.4, 0.5) is 0 Å². The number of carbonyl (C=O) groups is 2. The molecule has 110 valence electrons. The van der Waals surface area contributed by atoms with Gasteiger partial charge in [-0.15, -0.1) is 0 Å². The van der Waals surface area contributed by atoms with E-state index >= 15 is 0 Å². The number of ether oxygens (including phenoxy) is 1. The molecular weight excluding hydrogens is 242 g/mol. The number of methoxy groups -OCH3 is 1. The van der Waals surface area contributed by atoms with E-state index in [0.717, 1.165) is 44.9 Å². The fraction of sp³-hybridized carbons (Fsp3) is 0.867. The quantitative estimate of drug-likeness (QED) is 0.754. The topological polar surface area (TPSA) is 55.4 Å². The summed E-state index contributed by atoms with van der Waals surface area (Å²) in [7, 11) is 1.44. The number of carbonyl (C=O) groups excluding carboxylic acids is 2. The Bertz CT molecular complexity index is 296. The zero-order valence-corrected chi connectivity index (χ0v) is 12.4. The second-order valence-corrected chi connectivity index (χ2v) is 5.62. The van der Waals surface area contributed by atoms with Crippen LogP contribution in [-0.2, 0) is 14.3 Å². The highest BCUT2D eigenvalue weighted by Gasteiger charge is 2.28. The summed E-state index contributed by atoms with van der Waals surface area (Å²) in [5.41, 5.74) is 0. The van der Waals surface area contributed by atoms with Crippen molar-refractivity contribution in [3.05, 3.63) is 0 Å². The number of hydrogen-bond acceptors (Lipinski definition) is 3. The minimum atomic E-state index is -0.110. The summed E-state index contributed by atoms with van der Waals surface area (Å²) in [5, 5.41) is 3.11. The van der Waals surface area contributed by atoms with Crippen LogP contribution in [0.1, 0.15) is 58.8 Å². The summed E-state index contributed by atoms with van der Waals surface area (Å²) < 4.78 is 4.76. The average molecular weight is 269 g/mol. The summed E-state index contributed by atoms with van der Waals surface area (Å²) in [5.74, 6) is 0.171. The van der Waals surface area contributed by atoms with Gasteiger partial charge in [-0.25, -0.2) is 0 Å². The molecule has 1 N–H and O–H groups in total. The van der Waals surface area contributed by atoms with Crippen LogP contribution >= 0.6 is 0 Å². The van der Waals surface area contributed by atoms with E-state index in [-0.39, 0.29) is 29.8 Å². The zero-order valence-electron chi connectivity index (χ0n) is 12.4. The number of amides is 1. The van der Waals surface area contributed by atoms with Gasteiger partial charge in [-0.2, -0.15) is 0 Å². The highest BCUT2D eigenvalue weighted by Crippen LogP contribution is 2.25. The van der Waals surface area contributed by atoms with Crippen LogP contribution < -0.4 is 5.32 Å². The van der Waals surface area contributed by atoms with Crippen molar-refractivity contribution in [3.63, 3.8) is 0 Å². The maximum Gasteiger partial charge on any atom is 0.308 e. The molecule has 1 rings (SSSR count). The van der Waals surface area contributed by atoms with Crippen molar-refractivity contribution in [3.8, 4) is 0 Å². The molecule has 4 heteroatoms. The molecule has 19 heavy (non-hydrogen) atoms. The summed E-state index contributed by atoms with van der Waals surface area (Å²) in [6, 6.07) is 0.234. The van der Waals surface area contributed by atoms with Gasteiger partial charge in [0.25, 0.3) is 0 Å². The lowest BCUT2D eigenvalue weighted by atomic mass is 9.86. The maximum absolute atomic E-state index is 12.0. The number of esters is 1. The van der Waals surface area contributed by atoms with E-state index in [0.29, 0.717) is 0 Å². The first-order valence-electron chi connectivity index (χ1n) is 7.46. The molecule has 0 radical (unpaired) electrons. The third-order valence-electron chi connectivity index (χ3n) is 4.05. The fourth-order valence-corrected chi connectivity index (χ4v) is 2.62. The molecule has 1 atom stereocenters. The molecule has 0 aliphatic heterocycles. The minimum absolute atomic E-state index is 0.0238. The van der Waals surface area contributed by atoms with Gasteiger partial charge >= 0.3 is 5.97 Å². The zero-order chi connectivity index (χ0) is 14.3. The van der Waals surface area contributed by atoms with E-state index in [1.807, 2.05) is 6.92 Å². The van der Waals surface area contributed by atoms with Crippen molar-refractivity contribution < 1.29 is 14.3 Å². The van der Waals surface area contributed by atoms with Gasteiger partial charge in [0.15, 0.2) is 0 Å². The Hall–Kier alpha value is -1.06. The van der Waals surface area contributed by atoms with Gasteiger partial charge in [0.2, 0.25) is 5.91 Å². The van der Waals surface area contributed by atoms with Crippen LogP contribution in [0, 0.1) is 11.8 Å². The Labute approximate surface area is 116 Å². The van der Waals surface area contributed by atoms with E-state index in [4.69, 9.17) is 4.74 Å². The van der Waals surface area contributed by atoms with Crippen LogP contribution in [0.25, 0.3) is 0 Å². The molecule has 1 saturated carbocycles. The monoisotopic (exact) mass is 269 g/mol. The first-order valence-corrected chi connectivity index (χ1v) is 7.46. The lowest BCUT2D eigenvalue weighted by Gasteiger charge is -2.28. The largest absolute Gasteiger partial charge is 0.469 e. The van der Waals surface area contributed by atoms with Crippen molar-refractivity contribution in [2.75, 3.05) is 7.11 Å². The third-order valence-corrected chi connectivity index (χ3v) is 4.05. The smallest absolute Gasteiger partial charge is 0.308 e. The number of unbranched alkanes of at least 4 members (excludes halogenated alkanes) is 1. The molecule has 0 heterocycles. The van der Waals surface area contributed by atoms with Crippen LogP contribution in [0.15, 0.2) is 0 Å². The molecule has 1 unspecified atom stereocenters. The van der Waals surface area contributed by atoms with Gasteiger partial charge < -0.3 is 10.1 Å². The molecule has 1 fully saturated rings. The molecule has 0 bridgehead atoms. The Kier molecular flexibility index (Phi) is 6.89. The van der Waals surface area contributed by atoms with Crippen LogP contribution in [0.2, 0.25) is 0 Å². The Morgan fingerprint density at radius 3 is 2.42 bits per heavy atom. The van der Waals surface area contributed by atoms with Gasteiger partial charge in [-0.3, -0.25) is 9.59 Å². The number of nitrogens with one attached hydrogen (secondary N) is 1. The van der Waals surface area contributed by atoms with Crippen molar-refractivity contribution in [1.29, 1.82) is 0 Å². The van der Waals surface area contributed by atoms with Crippen molar-refractivity contribution in [1.82, 2.24) is 5.32 Å². The lowest BCUT2D eigenvalue weighted by Crippen LogP contribution is -2.41. The molecule has 0 spiro atoms. The van der Waals surface area contributed by atoms with E-state index < -0.39 is 0 Å². The van der Waals surface area contributed by atoms with Crippen molar-refractivity contribution in [2.45, 2.75) is 64.8 Å². The number of rotatable bonds is 6. The SMILES string of the molecule is CCCCC(C)C(=O)NC1CCC(C(=O)OC)CC1. The fourth-order valence-electron chi connectivity index (χ4n) is 2.62. The average Bonchev–Trinajstić information content (AvgIpc) is 2.44. The van der Waals surface area contributed by atoms with Crippen LogP contribution in [0.3, 0.4) is 0 Å². The minimum Gasteiger partial charge on any atom is -0.469 e. The molecule has 0 aromatic carbocycles. The summed E-state index contributed by atoms with van der Waals surface area (Å²) in [6.07, 6.45) is 6.59. The van der Waals surface area contributed by atoms with Gasteiger partial charge in [0.05, 0.1) is 13.0 Å². The van der Waals surface area contributed by atoms with Crippen molar-refractivity contribution >= 4 is 11.9 Å². The summed E-state index contributed by atoms with van der Waals surface area (Å²) >= 11 is 0. The van der Waals surface area contributed by atoms with Gasteiger partial charge in [-0.1, -0.05) is 26.7 Å². The molecule has 1 aliphatic carbocycles. The molecule has 0 saturated heterocycles. The maximum atomic E-state index is 12.0. The lowest BCUT2D eigenvalue weighted by molar-refractivity contribution is -0.146. The van der Waals surface area contributed by atoms with E-state index in [9.17, 15) is 9.59 Å². The summed E-state index contributed by atoms with van der Waals surface area (Å²) in [4.78, 5) is 23.4. The van der Waals surface area contributed by atoms with E-state index in [2.05, 4.69) is 12.2 Å². The highest BCUT2D eigenvalue weighted by atomic mass is 16.5. The predicted molar refractivity (Wildman–Crippen MR) is 74.6 cm³/mol. The normalized spacial score (nSPS) is 24.6. The van der Waals surface area contributed by atoms with Gasteiger partial charge in [0, 0.05) is 12.0 Å². The van der Waals surface area contributed by atoms with Crippen molar-refractivity contribution in [2.24, 2.45) is 11.8 Å². The summed E-state index contributed by atoms with van der Waals surface area (Å²) in [6.45, 7) is 4.13. The molecule has 1 aliphatic rings. The predicted octanol–water partition coefficient (Wildman–Crippen LogP) is 2.66.